The Morgan fingerprint density at radius 1 is 1.35 bits per heavy atom. The molecule has 1 saturated heterocycles. The third-order valence-electron chi connectivity index (χ3n) is 3.21. The van der Waals surface area contributed by atoms with E-state index in [1.54, 1.807) is 12.0 Å². The summed E-state index contributed by atoms with van der Waals surface area (Å²) < 4.78 is 27.6. The minimum atomic E-state index is -3.09. The molecule has 0 aromatic heterocycles. The number of benzene rings is 1. The van der Waals surface area contributed by atoms with Gasteiger partial charge in [-0.1, -0.05) is 12.1 Å². The monoisotopic (exact) mass is 298 g/mol. The van der Waals surface area contributed by atoms with Crippen molar-refractivity contribution in [1.29, 1.82) is 0 Å². The Bertz CT molecular complexity index is 583. The second-order valence-electron chi connectivity index (χ2n) is 4.77. The highest BCUT2D eigenvalue weighted by atomic mass is 32.2. The summed E-state index contributed by atoms with van der Waals surface area (Å²) in [6, 6.07) is 7.36. The molecule has 6 nitrogen and oxygen atoms in total. The Balaban J connectivity index is 2.14. The number of methoxy groups -OCH3 is 1. The van der Waals surface area contributed by atoms with Crippen molar-refractivity contribution in [2.24, 2.45) is 0 Å². The summed E-state index contributed by atoms with van der Waals surface area (Å²) in [7, 11) is -1.50. The van der Waals surface area contributed by atoms with Crippen LogP contribution in [0.15, 0.2) is 24.3 Å². The Morgan fingerprint density at radius 3 is 2.55 bits per heavy atom. The number of sulfone groups is 1. The van der Waals surface area contributed by atoms with Crippen LogP contribution in [0.3, 0.4) is 0 Å². The molecule has 0 radical (unpaired) electrons. The molecule has 1 N–H and O–H groups in total. The van der Waals surface area contributed by atoms with E-state index in [4.69, 9.17) is 4.74 Å². The second kappa shape index (κ2) is 5.80. The topological polar surface area (TPSA) is 75.7 Å². The van der Waals surface area contributed by atoms with Gasteiger partial charge in [-0.05, 0) is 17.7 Å². The van der Waals surface area contributed by atoms with Crippen LogP contribution >= 0.6 is 0 Å². The van der Waals surface area contributed by atoms with Gasteiger partial charge in [0.1, 0.15) is 21.8 Å². The van der Waals surface area contributed by atoms with Gasteiger partial charge in [0.05, 0.1) is 19.4 Å². The standard InChI is InChI=1S/C13H18N2O4S/c1-19-11-5-3-10(4-6-11)13-14-9-12(16)15(13)7-8-20(2,17)18/h3-6,13-14H,7-9H2,1-2H3. The van der Waals surface area contributed by atoms with Gasteiger partial charge in [0.15, 0.2) is 0 Å². The smallest absolute Gasteiger partial charge is 0.238 e. The van der Waals surface area contributed by atoms with Gasteiger partial charge in [0.2, 0.25) is 5.91 Å². The van der Waals surface area contributed by atoms with Crippen LogP contribution in [-0.4, -0.2) is 51.4 Å². The second-order valence-corrected chi connectivity index (χ2v) is 7.03. The molecular weight excluding hydrogens is 280 g/mol. The third kappa shape index (κ3) is 3.49. The molecule has 0 saturated carbocycles. The molecular formula is C13H18N2O4S. The maximum Gasteiger partial charge on any atom is 0.238 e. The van der Waals surface area contributed by atoms with Crippen molar-refractivity contribution in [1.82, 2.24) is 10.2 Å². The first-order valence-corrected chi connectivity index (χ1v) is 8.31. The fourth-order valence-electron chi connectivity index (χ4n) is 2.14. The summed E-state index contributed by atoms with van der Waals surface area (Å²) in [5.74, 6) is 0.614. The molecule has 1 aliphatic heterocycles. The van der Waals surface area contributed by atoms with Gasteiger partial charge in [-0.15, -0.1) is 0 Å². The first kappa shape index (κ1) is 14.8. The fraction of sp³-hybridized carbons (Fsp3) is 0.462. The summed E-state index contributed by atoms with van der Waals surface area (Å²) in [6.45, 7) is 0.418. The molecule has 0 bridgehead atoms. The lowest BCUT2D eigenvalue weighted by Crippen LogP contribution is -2.34. The van der Waals surface area contributed by atoms with Crippen molar-refractivity contribution in [3.8, 4) is 5.75 Å². The van der Waals surface area contributed by atoms with E-state index in [0.717, 1.165) is 11.3 Å². The van der Waals surface area contributed by atoms with Crippen molar-refractivity contribution in [3.63, 3.8) is 0 Å². The molecule has 1 heterocycles. The summed E-state index contributed by atoms with van der Waals surface area (Å²) in [4.78, 5) is 13.4. The Kier molecular flexibility index (Phi) is 4.29. The lowest BCUT2D eigenvalue weighted by atomic mass is 10.1. The number of ether oxygens (including phenoxy) is 1. The summed E-state index contributed by atoms with van der Waals surface area (Å²) in [5, 5.41) is 3.09. The fourth-order valence-corrected chi connectivity index (χ4v) is 2.67. The van der Waals surface area contributed by atoms with Gasteiger partial charge in [-0.25, -0.2) is 8.42 Å². The number of carbonyl (C=O) groups excluding carboxylic acids is 1. The van der Waals surface area contributed by atoms with E-state index < -0.39 is 9.84 Å². The first-order valence-electron chi connectivity index (χ1n) is 6.25. The van der Waals surface area contributed by atoms with Crippen LogP contribution in [0.25, 0.3) is 0 Å². The van der Waals surface area contributed by atoms with Crippen LogP contribution < -0.4 is 10.1 Å². The highest BCUT2D eigenvalue weighted by Gasteiger charge is 2.31. The molecule has 1 aliphatic rings. The first-order chi connectivity index (χ1) is 9.40. The Morgan fingerprint density at radius 2 is 2.00 bits per heavy atom. The maximum atomic E-state index is 11.8. The summed E-state index contributed by atoms with van der Waals surface area (Å²) in [6.07, 6.45) is 0.888. The van der Waals surface area contributed by atoms with Crippen LogP contribution in [0.2, 0.25) is 0 Å². The van der Waals surface area contributed by atoms with Crippen molar-refractivity contribution in [3.05, 3.63) is 29.8 Å². The molecule has 0 spiro atoms. The third-order valence-corrected chi connectivity index (χ3v) is 4.14. The molecule has 20 heavy (non-hydrogen) atoms. The van der Waals surface area contributed by atoms with Crippen LogP contribution in [-0.2, 0) is 14.6 Å². The number of amides is 1. The van der Waals surface area contributed by atoms with E-state index in [-0.39, 0.29) is 30.9 Å². The molecule has 2 rings (SSSR count). The zero-order chi connectivity index (χ0) is 14.8. The quantitative estimate of drug-likeness (QED) is 0.838. The molecule has 1 atom stereocenters. The summed E-state index contributed by atoms with van der Waals surface area (Å²) >= 11 is 0. The Hall–Kier alpha value is -1.60. The van der Waals surface area contributed by atoms with Gasteiger partial charge in [-0.2, -0.15) is 0 Å². The number of carbonyl (C=O) groups is 1. The van der Waals surface area contributed by atoms with Crippen LogP contribution in [0, 0.1) is 0 Å². The zero-order valence-corrected chi connectivity index (χ0v) is 12.3. The largest absolute Gasteiger partial charge is 0.497 e. The number of nitrogens with one attached hydrogen (secondary N) is 1. The normalized spacial score (nSPS) is 19.4. The van der Waals surface area contributed by atoms with E-state index in [0.29, 0.717) is 0 Å². The highest BCUT2D eigenvalue weighted by molar-refractivity contribution is 7.90. The SMILES string of the molecule is COc1ccc(C2NCC(=O)N2CCS(C)(=O)=O)cc1. The number of hydrogen-bond acceptors (Lipinski definition) is 5. The Labute approximate surface area is 118 Å². The molecule has 1 aromatic carbocycles. The predicted molar refractivity (Wildman–Crippen MR) is 75.2 cm³/mol. The lowest BCUT2D eigenvalue weighted by Gasteiger charge is -2.24. The number of nitrogens with zero attached hydrogens (tertiary/aromatic N) is 1. The van der Waals surface area contributed by atoms with Gasteiger partial charge < -0.3 is 9.64 Å². The molecule has 0 aliphatic carbocycles. The molecule has 1 aromatic rings. The van der Waals surface area contributed by atoms with Gasteiger partial charge >= 0.3 is 0 Å². The molecule has 110 valence electrons. The van der Waals surface area contributed by atoms with Gasteiger partial charge in [0.25, 0.3) is 0 Å². The summed E-state index contributed by atoms with van der Waals surface area (Å²) in [5.41, 5.74) is 0.908. The van der Waals surface area contributed by atoms with Crippen LogP contribution in [0.5, 0.6) is 5.75 Å². The average molecular weight is 298 g/mol. The number of rotatable bonds is 5. The van der Waals surface area contributed by atoms with Crippen molar-refractivity contribution in [2.75, 3.05) is 32.2 Å². The molecule has 1 fully saturated rings. The molecule has 1 amide bonds. The van der Waals surface area contributed by atoms with E-state index in [9.17, 15) is 13.2 Å². The van der Waals surface area contributed by atoms with Crippen LogP contribution in [0.1, 0.15) is 11.7 Å². The highest BCUT2D eigenvalue weighted by Crippen LogP contribution is 2.24. The predicted octanol–water partition coefficient (Wildman–Crippen LogP) is 0.170. The van der Waals surface area contributed by atoms with E-state index in [2.05, 4.69) is 5.32 Å². The van der Waals surface area contributed by atoms with Crippen molar-refractivity contribution in [2.45, 2.75) is 6.17 Å². The van der Waals surface area contributed by atoms with Crippen molar-refractivity contribution < 1.29 is 17.9 Å². The average Bonchev–Trinajstić information content (AvgIpc) is 2.77. The van der Waals surface area contributed by atoms with Crippen molar-refractivity contribution >= 4 is 15.7 Å². The van der Waals surface area contributed by atoms with Crippen LogP contribution in [0.4, 0.5) is 0 Å². The van der Waals surface area contributed by atoms with Gasteiger partial charge in [-0.3, -0.25) is 10.1 Å². The maximum absolute atomic E-state index is 11.8. The van der Waals surface area contributed by atoms with Gasteiger partial charge in [0, 0.05) is 12.8 Å². The minimum Gasteiger partial charge on any atom is -0.497 e. The zero-order valence-electron chi connectivity index (χ0n) is 11.5. The van der Waals surface area contributed by atoms with E-state index in [1.807, 2.05) is 24.3 Å². The molecule has 7 heteroatoms. The molecule has 1 unspecified atom stereocenters. The van der Waals surface area contributed by atoms with E-state index >= 15 is 0 Å². The number of hydrogen-bond donors (Lipinski definition) is 1. The van der Waals surface area contributed by atoms with E-state index in [1.165, 1.54) is 6.26 Å². The lowest BCUT2D eigenvalue weighted by molar-refractivity contribution is -0.127. The minimum absolute atomic E-state index is 0.0346.